The normalized spacial score (nSPS) is 11.1. The fourth-order valence-corrected chi connectivity index (χ4v) is 2.83. The van der Waals surface area contributed by atoms with Crippen molar-refractivity contribution in [2.45, 2.75) is 19.8 Å². The van der Waals surface area contributed by atoms with Crippen molar-refractivity contribution in [3.63, 3.8) is 0 Å². The lowest BCUT2D eigenvalue weighted by Crippen LogP contribution is -2.37. The molecule has 0 aliphatic rings. The largest absolute Gasteiger partial charge is 0.334 e. The van der Waals surface area contributed by atoms with Crippen LogP contribution in [0.4, 0.5) is 4.39 Å². The Hall–Kier alpha value is -1.40. The number of nitrogens with zero attached hydrogens (tertiary/aromatic N) is 1. The quantitative estimate of drug-likeness (QED) is 0.835. The molecule has 1 N–H and O–H groups in total. The molecule has 0 aliphatic heterocycles. The average molecular weight is 362 g/mol. The summed E-state index contributed by atoms with van der Waals surface area (Å²) in [5.41, 5.74) is -1.30. The predicted octanol–water partition coefficient (Wildman–Crippen LogP) is 3.20. The molecule has 0 amide bonds. The maximum Gasteiger partial charge on any atom is 0.334 e. The first-order valence-electron chi connectivity index (χ1n) is 5.83. The van der Waals surface area contributed by atoms with Gasteiger partial charge in [-0.1, -0.05) is 31.5 Å². The molecule has 0 radical (unpaired) electrons. The molecule has 0 bridgehead atoms. The molecule has 0 saturated heterocycles. The van der Waals surface area contributed by atoms with Crippen LogP contribution in [0.15, 0.2) is 32.3 Å². The van der Waals surface area contributed by atoms with E-state index in [9.17, 15) is 14.0 Å². The molecule has 106 valence electrons. The molecule has 0 spiro atoms. The van der Waals surface area contributed by atoms with Gasteiger partial charge in [0.05, 0.1) is 5.56 Å². The number of hydrogen-bond acceptors (Lipinski definition) is 2. The van der Waals surface area contributed by atoms with Gasteiger partial charge in [0.1, 0.15) is 16.7 Å². The summed E-state index contributed by atoms with van der Waals surface area (Å²) in [6, 6.07) is 4.20. The number of para-hydroxylation sites is 1. The first kappa shape index (κ1) is 15.0. The Labute approximate surface area is 127 Å². The van der Waals surface area contributed by atoms with E-state index in [0.29, 0.717) is 4.47 Å². The predicted molar refractivity (Wildman–Crippen MR) is 79.4 cm³/mol. The van der Waals surface area contributed by atoms with Gasteiger partial charge >= 0.3 is 5.69 Å². The molecule has 0 atom stereocenters. The molecule has 0 unspecified atom stereocenters. The second kappa shape index (κ2) is 5.54. The van der Waals surface area contributed by atoms with Gasteiger partial charge in [0.2, 0.25) is 0 Å². The van der Waals surface area contributed by atoms with Crippen LogP contribution < -0.4 is 11.2 Å². The molecule has 7 heteroatoms. The van der Waals surface area contributed by atoms with Crippen LogP contribution in [0.1, 0.15) is 25.3 Å². The second-order valence-electron chi connectivity index (χ2n) is 4.52. The number of aromatic nitrogens is 2. The fourth-order valence-electron chi connectivity index (χ4n) is 1.93. The minimum absolute atomic E-state index is 0.0151. The van der Waals surface area contributed by atoms with Crippen LogP contribution in [0, 0.1) is 5.82 Å². The van der Waals surface area contributed by atoms with Gasteiger partial charge in [-0.25, -0.2) is 13.8 Å². The van der Waals surface area contributed by atoms with E-state index in [1.54, 1.807) is 19.9 Å². The molecule has 1 aromatic heterocycles. The smallest absolute Gasteiger partial charge is 0.297 e. The second-order valence-corrected chi connectivity index (χ2v) is 5.76. The molecule has 20 heavy (non-hydrogen) atoms. The summed E-state index contributed by atoms with van der Waals surface area (Å²) in [6.45, 7) is 3.53. The SMILES string of the molecule is CC(C)c1c(Cl)[nH]c(=O)n(-c2c(F)cccc2Br)c1=O. The molecular formula is C13H11BrClFN2O2. The van der Waals surface area contributed by atoms with Crippen molar-refractivity contribution in [1.82, 2.24) is 9.55 Å². The topological polar surface area (TPSA) is 54.9 Å². The lowest BCUT2D eigenvalue weighted by molar-refractivity contribution is 0.609. The molecule has 1 heterocycles. The van der Waals surface area contributed by atoms with Gasteiger partial charge in [0.15, 0.2) is 0 Å². The summed E-state index contributed by atoms with van der Waals surface area (Å²) < 4.78 is 15.0. The van der Waals surface area contributed by atoms with Crippen LogP contribution in [0.3, 0.4) is 0 Å². The van der Waals surface area contributed by atoms with E-state index in [1.165, 1.54) is 12.1 Å². The Balaban J connectivity index is 2.93. The van der Waals surface area contributed by atoms with Crippen molar-refractivity contribution in [2.24, 2.45) is 0 Å². The Morgan fingerprint density at radius 3 is 2.55 bits per heavy atom. The number of H-pyrrole nitrogens is 1. The number of rotatable bonds is 2. The zero-order chi connectivity index (χ0) is 15.0. The maximum atomic E-state index is 14.0. The minimum Gasteiger partial charge on any atom is -0.297 e. The molecule has 2 aromatic rings. The Morgan fingerprint density at radius 2 is 2.00 bits per heavy atom. The van der Waals surface area contributed by atoms with Gasteiger partial charge < -0.3 is 0 Å². The fraction of sp³-hybridized carbons (Fsp3) is 0.231. The Bertz CT molecular complexity index is 763. The van der Waals surface area contributed by atoms with Crippen LogP contribution in [-0.4, -0.2) is 9.55 Å². The van der Waals surface area contributed by atoms with Crippen molar-refractivity contribution in [3.05, 3.63) is 60.0 Å². The lowest BCUT2D eigenvalue weighted by atomic mass is 10.1. The van der Waals surface area contributed by atoms with E-state index in [2.05, 4.69) is 20.9 Å². The third-order valence-electron chi connectivity index (χ3n) is 2.83. The monoisotopic (exact) mass is 360 g/mol. The molecule has 4 nitrogen and oxygen atoms in total. The van der Waals surface area contributed by atoms with Gasteiger partial charge in [-0.2, -0.15) is 0 Å². The van der Waals surface area contributed by atoms with E-state index >= 15 is 0 Å². The van der Waals surface area contributed by atoms with Crippen LogP contribution in [0.5, 0.6) is 0 Å². The number of hydrogen-bond donors (Lipinski definition) is 1. The Morgan fingerprint density at radius 1 is 1.35 bits per heavy atom. The van der Waals surface area contributed by atoms with Gasteiger partial charge in [-0.3, -0.25) is 9.78 Å². The number of nitrogens with one attached hydrogen (secondary N) is 1. The molecule has 0 fully saturated rings. The highest BCUT2D eigenvalue weighted by molar-refractivity contribution is 9.10. The summed E-state index contributed by atoms with van der Waals surface area (Å²) in [5, 5.41) is -0.0151. The van der Waals surface area contributed by atoms with Crippen molar-refractivity contribution >= 4 is 27.5 Å². The number of aromatic amines is 1. The van der Waals surface area contributed by atoms with Gasteiger partial charge in [0.25, 0.3) is 5.56 Å². The highest BCUT2D eigenvalue weighted by Gasteiger charge is 2.20. The summed E-state index contributed by atoms with van der Waals surface area (Å²) >= 11 is 9.04. The van der Waals surface area contributed by atoms with Crippen LogP contribution in [-0.2, 0) is 0 Å². The minimum atomic E-state index is -0.782. The molecule has 1 aromatic carbocycles. The molecule has 0 saturated carbocycles. The van der Waals surface area contributed by atoms with Crippen molar-refractivity contribution < 1.29 is 4.39 Å². The highest BCUT2D eigenvalue weighted by Crippen LogP contribution is 2.23. The van der Waals surface area contributed by atoms with E-state index in [0.717, 1.165) is 4.57 Å². The first-order valence-corrected chi connectivity index (χ1v) is 7.00. The summed E-state index contributed by atoms with van der Waals surface area (Å²) in [5.74, 6) is -0.882. The standard InChI is InChI=1S/C13H11BrClFN2O2/c1-6(2)9-11(15)17-13(20)18(12(9)19)10-7(14)4-3-5-8(10)16/h3-6H,1-2H3,(H,17,20). The maximum absolute atomic E-state index is 14.0. The first-order chi connectivity index (χ1) is 9.34. The van der Waals surface area contributed by atoms with E-state index in [1.807, 2.05) is 0 Å². The number of benzene rings is 1. The Kier molecular flexibility index (Phi) is 4.15. The zero-order valence-corrected chi connectivity index (χ0v) is 13.0. The van der Waals surface area contributed by atoms with Gasteiger partial charge in [0, 0.05) is 4.47 Å². The number of halogens is 3. The van der Waals surface area contributed by atoms with Gasteiger partial charge in [-0.05, 0) is 34.0 Å². The van der Waals surface area contributed by atoms with Crippen molar-refractivity contribution in [1.29, 1.82) is 0 Å². The molecular weight excluding hydrogens is 351 g/mol. The van der Waals surface area contributed by atoms with E-state index in [4.69, 9.17) is 11.6 Å². The summed E-state index contributed by atoms with van der Waals surface area (Å²) in [7, 11) is 0. The zero-order valence-electron chi connectivity index (χ0n) is 10.7. The van der Waals surface area contributed by atoms with Gasteiger partial charge in [-0.15, -0.1) is 0 Å². The molecule has 0 aliphatic carbocycles. The van der Waals surface area contributed by atoms with Crippen LogP contribution in [0.2, 0.25) is 5.15 Å². The lowest BCUT2D eigenvalue weighted by Gasteiger charge is -2.12. The van der Waals surface area contributed by atoms with Crippen molar-refractivity contribution in [3.8, 4) is 5.69 Å². The summed E-state index contributed by atoms with van der Waals surface area (Å²) in [4.78, 5) is 26.8. The van der Waals surface area contributed by atoms with E-state index in [-0.39, 0.29) is 22.3 Å². The molecule has 2 rings (SSSR count). The summed E-state index contributed by atoms with van der Waals surface area (Å²) in [6.07, 6.45) is 0. The van der Waals surface area contributed by atoms with Crippen LogP contribution >= 0.6 is 27.5 Å². The average Bonchev–Trinajstić information content (AvgIpc) is 2.31. The third kappa shape index (κ3) is 2.45. The highest BCUT2D eigenvalue weighted by atomic mass is 79.9. The third-order valence-corrected chi connectivity index (χ3v) is 3.77. The van der Waals surface area contributed by atoms with E-state index < -0.39 is 17.1 Å². The van der Waals surface area contributed by atoms with Crippen molar-refractivity contribution in [2.75, 3.05) is 0 Å². The van der Waals surface area contributed by atoms with Crippen LogP contribution in [0.25, 0.3) is 5.69 Å².